The van der Waals surface area contributed by atoms with E-state index in [2.05, 4.69) is 4.90 Å². The Hall–Kier alpha value is -2.29. The molecule has 0 aromatic heterocycles. The predicted molar refractivity (Wildman–Crippen MR) is 111 cm³/mol. The number of amides is 1. The van der Waals surface area contributed by atoms with Crippen molar-refractivity contribution in [2.45, 2.75) is 32.4 Å². The summed E-state index contributed by atoms with van der Waals surface area (Å²) in [5.74, 6) is -0.566. The lowest BCUT2D eigenvalue weighted by molar-refractivity contribution is -0.140. The van der Waals surface area contributed by atoms with Crippen LogP contribution in [0.25, 0.3) is 0 Å². The fourth-order valence-corrected chi connectivity index (χ4v) is 4.64. The molecule has 6 nitrogen and oxygen atoms in total. The van der Waals surface area contributed by atoms with Gasteiger partial charge in [0.25, 0.3) is 0 Å². The van der Waals surface area contributed by atoms with Gasteiger partial charge in [-0.1, -0.05) is 6.07 Å². The third-order valence-corrected chi connectivity index (χ3v) is 6.50. The van der Waals surface area contributed by atoms with Crippen LogP contribution in [-0.2, 0) is 15.8 Å². The minimum Gasteiger partial charge on any atom is -0.481 e. The summed E-state index contributed by atoms with van der Waals surface area (Å²) in [4.78, 5) is 29.0. The van der Waals surface area contributed by atoms with Crippen LogP contribution in [0.15, 0.2) is 24.3 Å². The van der Waals surface area contributed by atoms with Crippen molar-refractivity contribution in [2.24, 2.45) is 11.8 Å². The van der Waals surface area contributed by atoms with Crippen molar-refractivity contribution < 1.29 is 27.9 Å². The zero-order valence-electron chi connectivity index (χ0n) is 17.8. The van der Waals surface area contributed by atoms with Gasteiger partial charge in [0.15, 0.2) is 0 Å². The van der Waals surface area contributed by atoms with Gasteiger partial charge in [-0.2, -0.15) is 13.2 Å². The summed E-state index contributed by atoms with van der Waals surface area (Å²) in [6.45, 7) is 6.31. The molecule has 2 atom stereocenters. The number of nitrogens with zero attached hydrogens (tertiary/aromatic N) is 3. The number of rotatable bonds is 6. The second-order valence-electron chi connectivity index (χ2n) is 8.54. The van der Waals surface area contributed by atoms with Gasteiger partial charge in [0.2, 0.25) is 5.91 Å². The van der Waals surface area contributed by atoms with Crippen molar-refractivity contribution in [1.82, 2.24) is 9.80 Å². The molecule has 1 amide bonds. The highest BCUT2D eigenvalue weighted by atomic mass is 19.4. The molecule has 1 aromatic carbocycles. The van der Waals surface area contributed by atoms with Crippen LogP contribution in [0.1, 0.15) is 31.7 Å². The number of halogens is 3. The number of likely N-dealkylation sites (tertiary alicyclic amines) is 1. The minimum atomic E-state index is -4.35. The Labute approximate surface area is 180 Å². The van der Waals surface area contributed by atoms with Crippen LogP contribution >= 0.6 is 0 Å². The molecule has 9 heteroatoms. The molecule has 172 valence electrons. The minimum absolute atomic E-state index is 0.0217. The summed E-state index contributed by atoms with van der Waals surface area (Å²) in [6.07, 6.45) is -2.71. The first kappa shape index (κ1) is 23.4. The highest BCUT2D eigenvalue weighted by Crippen LogP contribution is 2.32. The first-order valence-electron chi connectivity index (χ1n) is 10.8. The topological polar surface area (TPSA) is 64.1 Å². The van der Waals surface area contributed by atoms with Crippen LogP contribution in [-0.4, -0.2) is 72.6 Å². The average Bonchev–Trinajstić information content (AvgIpc) is 2.72. The first-order valence-corrected chi connectivity index (χ1v) is 10.8. The number of benzene rings is 1. The van der Waals surface area contributed by atoms with Crippen molar-refractivity contribution in [3.05, 3.63) is 29.8 Å². The average molecular weight is 441 g/mol. The van der Waals surface area contributed by atoms with Crippen molar-refractivity contribution in [3.8, 4) is 0 Å². The number of carbonyl (C=O) groups is 2. The van der Waals surface area contributed by atoms with Gasteiger partial charge in [0.05, 0.1) is 5.56 Å². The van der Waals surface area contributed by atoms with E-state index in [1.807, 2.05) is 4.90 Å². The van der Waals surface area contributed by atoms with E-state index in [4.69, 9.17) is 0 Å². The van der Waals surface area contributed by atoms with E-state index in [-0.39, 0.29) is 24.2 Å². The van der Waals surface area contributed by atoms with Crippen LogP contribution in [0.5, 0.6) is 0 Å². The summed E-state index contributed by atoms with van der Waals surface area (Å²) in [7, 11) is 0. The number of alkyl halides is 3. The van der Waals surface area contributed by atoms with Gasteiger partial charge in [-0.15, -0.1) is 0 Å². The summed E-state index contributed by atoms with van der Waals surface area (Å²) in [5, 5.41) is 9.22. The van der Waals surface area contributed by atoms with Gasteiger partial charge in [0.1, 0.15) is 0 Å². The number of hydrogen-bond acceptors (Lipinski definition) is 4. The Bertz CT molecular complexity index is 779. The molecular weight excluding hydrogens is 411 g/mol. The molecule has 31 heavy (non-hydrogen) atoms. The second kappa shape index (κ2) is 9.89. The SMILES string of the molecule is CC(=O)N1CCC(CC(=O)O)C(CCN2CCN(c3cccc(C(F)(F)F)c3)CC2)C1. The van der Waals surface area contributed by atoms with E-state index in [1.165, 1.54) is 12.1 Å². The maximum atomic E-state index is 13.0. The van der Waals surface area contributed by atoms with E-state index in [9.17, 15) is 27.9 Å². The van der Waals surface area contributed by atoms with E-state index in [0.717, 1.165) is 32.1 Å². The predicted octanol–water partition coefficient (Wildman–Crippen LogP) is 3.18. The molecule has 0 saturated carbocycles. The highest BCUT2D eigenvalue weighted by molar-refractivity contribution is 5.73. The Morgan fingerprint density at radius 3 is 2.42 bits per heavy atom. The second-order valence-corrected chi connectivity index (χ2v) is 8.54. The Balaban J connectivity index is 1.53. The number of aliphatic carboxylic acids is 1. The number of carboxylic acids is 1. The number of piperazine rings is 1. The number of carboxylic acid groups (broad SMARTS) is 1. The third-order valence-electron chi connectivity index (χ3n) is 6.50. The lowest BCUT2D eigenvalue weighted by Crippen LogP contribution is -2.48. The highest BCUT2D eigenvalue weighted by Gasteiger charge is 2.33. The van der Waals surface area contributed by atoms with E-state index in [0.29, 0.717) is 38.3 Å². The quantitative estimate of drug-likeness (QED) is 0.735. The van der Waals surface area contributed by atoms with Crippen LogP contribution in [0.4, 0.5) is 18.9 Å². The third kappa shape index (κ3) is 6.35. The molecule has 2 aliphatic rings. The summed E-state index contributed by atoms with van der Waals surface area (Å²) >= 11 is 0. The zero-order valence-corrected chi connectivity index (χ0v) is 17.8. The Morgan fingerprint density at radius 1 is 1.10 bits per heavy atom. The molecule has 0 radical (unpaired) electrons. The summed E-state index contributed by atoms with van der Waals surface area (Å²) in [5.41, 5.74) is -0.0513. The largest absolute Gasteiger partial charge is 0.481 e. The summed E-state index contributed by atoms with van der Waals surface area (Å²) < 4.78 is 38.9. The number of hydrogen-bond donors (Lipinski definition) is 1. The monoisotopic (exact) mass is 441 g/mol. The van der Waals surface area contributed by atoms with Gasteiger partial charge >= 0.3 is 12.1 Å². The molecule has 2 unspecified atom stereocenters. The molecule has 2 aliphatic heterocycles. The zero-order chi connectivity index (χ0) is 22.6. The molecule has 1 aromatic rings. The molecule has 0 aliphatic carbocycles. The Kier molecular flexibility index (Phi) is 7.46. The van der Waals surface area contributed by atoms with Gasteiger partial charge < -0.3 is 14.9 Å². The van der Waals surface area contributed by atoms with Crippen LogP contribution < -0.4 is 4.90 Å². The van der Waals surface area contributed by atoms with Crippen LogP contribution in [0.2, 0.25) is 0 Å². The lowest BCUT2D eigenvalue weighted by Gasteiger charge is -2.40. The maximum absolute atomic E-state index is 13.0. The van der Waals surface area contributed by atoms with E-state index < -0.39 is 17.7 Å². The van der Waals surface area contributed by atoms with E-state index in [1.54, 1.807) is 17.9 Å². The smallest absolute Gasteiger partial charge is 0.416 e. The molecule has 2 fully saturated rings. The van der Waals surface area contributed by atoms with Crippen LogP contribution in [0, 0.1) is 11.8 Å². The van der Waals surface area contributed by atoms with Gasteiger partial charge in [-0.05, 0) is 49.4 Å². The fraction of sp³-hybridized carbons (Fsp3) is 0.636. The van der Waals surface area contributed by atoms with Crippen molar-refractivity contribution in [3.63, 3.8) is 0 Å². The van der Waals surface area contributed by atoms with Crippen molar-refractivity contribution in [2.75, 3.05) is 50.7 Å². The van der Waals surface area contributed by atoms with Gasteiger partial charge in [0, 0.05) is 58.3 Å². The standard InChI is InChI=1S/C22H30F3N3O3/c1-16(29)28-8-6-17(13-21(30)31)18(15-28)5-7-26-9-11-27(12-10-26)20-4-2-3-19(14-20)22(23,24)25/h2-4,14,17-18H,5-13,15H2,1H3,(H,30,31). The fourth-order valence-electron chi connectivity index (χ4n) is 4.64. The molecule has 2 heterocycles. The molecule has 3 rings (SSSR count). The normalized spacial score (nSPS) is 23.1. The summed E-state index contributed by atoms with van der Waals surface area (Å²) in [6, 6.07) is 5.43. The first-order chi connectivity index (χ1) is 14.6. The van der Waals surface area contributed by atoms with Crippen LogP contribution in [0.3, 0.4) is 0 Å². The Morgan fingerprint density at radius 2 is 1.81 bits per heavy atom. The lowest BCUT2D eigenvalue weighted by atomic mass is 9.81. The van der Waals surface area contributed by atoms with E-state index >= 15 is 0 Å². The molecule has 2 saturated heterocycles. The molecule has 1 N–H and O–H groups in total. The van der Waals surface area contributed by atoms with Gasteiger partial charge in [-0.3, -0.25) is 14.5 Å². The number of anilines is 1. The molecule has 0 bridgehead atoms. The van der Waals surface area contributed by atoms with Crippen molar-refractivity contribution >= 4 is 17.6 Å². The molecule has 0 spiro atoms. The molecular formula is C22H30F3N3O3. The number of carbonyl (C=O) groups excluding carboxylic acids is 1. The maximum Gasteiger partial charge on any atom is 0.416 e. The number of piperidine rings is 1. The van der Waals surface area contributed by atoms with Crippen molar-refractivity contribution in [1.29, 1.82) is 0 Å². The van der Waals surface area contributed by atoms with Gasteiger partial charge in [-0.25, -0.2) is 0 Å².